The Morgan fingerprint density at radius 1 is 1.03 bits per heavy atom. The fraction of sp³-hybridized carbons (Fsp3) is 0.375. The van der Waals surface area contributed by atoms with E-state index in [-0.39, 0.29) is 23.3 Å². The second-order valence-electron chi connectivity index (χ2n) is 8.73. The first-order valence-corrected chi connectivity index (χ1v) is 10.7. The highest BCUT2D eigenvalue weighted by atomic mass is 16.5. The van der Waals surface area contributed by atoms with E-state index < -0.39 is 11.9 Å². The van der Waals surface area contributed by atoms with E-state index in [4.69, 9.17) is 9.84 Å². The number of aliphatic carboxylic acids is 1. The number of carboxylic acids is 1. The van der Waals surface area contributed by atoms with E-state index in [2.05, 4.69) is 10.6 Å². The molecule has 0 aliphatic heterocycles. The molecule has 0 aromatic heterocycles. The van der Waals surface area contributed by atoms with Gasteiger partial charge in [0.25, 0.3) is 5.91 Å². The number of rotatable bonds is 5. The summed E-state index contributed by atoms with van der Waals surface area (Å²) in [6.07, 6.45) is 4.55. The molecule has 32 heavy (non-hydrogen) atoms. The molecule has 2 saturated carbocycles. The summed E-state index contributed by atoms with van der Waals surface area (Å²) in [4.78, 5) is 35.0. The molecule has 2 fully saturated rings. The normalized spacial score (nSPS) is 21.2. The summed E-state index contributed by atoms with van der Waals surface area (Å²) >= 11 is 0. The number of amides is 2. The maximum atomic E-state index is 12.8. The lowest BCUT2D eigenvalue weighted by atomic mass is 9.95. The number of aryl methyl sites for hydroxylation is 2. The molecular weight excluding hydrogens is 412 g/mol. The first-order valence-electron chi connectivity index (χ1n) is 10.7. The number of aromatic hydroxyl groups is 1. The number of hydrogen-bond acceptors (Lipinski definition) is 5. The molecular formula is C24H26N2O6. The van der Waals surface area contributed by atoms with Crippen LogP contribution in [0.1, 0.15) is 47.2 Å². The number of phenolic OH excluding ortho intramolecular Hbond substituents is 1. The lowest BCUT2D eigenvalue weighted by Crippen LogP contribution is -2.38. The van der Waals surface area contributed by atoms with Gasteiger partial charge in [-0.05, 0) is 86.4 Å². The molecule has 8 nitrogen and oxygen atoms in total. The van der Waals surface area contributed by atoms with Crippen LogP contribution in [0.4, 0.5) is 5.69 Å². The molecule has 0 heterocycles. The van der Waals surface area contributed by atoms with E-state index in [0.717, 1.165) is 12.8 Å². The van der Waals surface area contributed by atoms with Gasteiger partial charge in [-0.3, -0.25) is 9.59 Å². The molecule has 0 radical (unpaired) electrons. The fourth-order valence-corrected chi connectivity index (χ4v) is 4.91. The Hall–Kier alpha value is -3.55. The van der Waals surface area contributed by atoms with Crippen molar-refractivity contribution < 1.29 is 29.3 Å². The summed E-state index contributed by atoms with van der Waals surface area (Å²) in [5.41, 5.74) is 1.85. The summed E-state index contributed by atoms with van der Waals surface area (Å²) in [6, 6.07) is 7.87. The fourth-order valence-electron chi connectivity index (χ4n) is 4.91. The maximum absolute atomic E-state index is 12.8. The molecule has 2 aromatic carbocycles. The van der Waals surface area contributed by atoms with Gasteiger partial charge in [-0.25, -0.2) is 4.79 Å². The van der Waals surface area contributed by atoms with Crippen LogP contribution in [-0.4, -0.2) is 34.0 Å². The predicted molar refractivity (Wildman–Crippen MR) is 117 cm³/mol. The van der Waals surface area contributed by atoms with Crippen LogP contribution >= 0.6 is 0 Å². The van der Waals surface area contributed by atoms with Gasteiger partial charge in [0.1, 0.15) is 17.2 Å². The van der Waals surface area contributed by atoms with Crippen LogP contribution in [0.25, 0.3) is 0 Å². The van der Waals surface area contributed by atoms with Crippen molar-refractivity contribution in [3.8, 4) is 17.2 Å². The second-order valence-corrected chi connectivity index (χ2v) is 8.73. The number of fused-ring (bicyclic) bond motifs is 2. The van der Waals surface area contributed by atoms with Gasteiger partial charge in [-0.2, -0.15) is 0 Å². The van der Waals surface area contributed by atoms with Crippen molar-refractivity contribution in [3.63, 3.8) is 0 Å². The smallest absolute Gasteiger partial charge is 0.394 e. The molecule has 0 saturated heterocycles. The number of benzene rings is 2. The van der Waals surface area contributed by atoms with Crippen LogP contribution in [0, 0.1) is 25.7 Å². The zero-order chi connectivity index (χ0) is 23.0. The van der Waals surface area contributed by atoms with Crippen LogP contribution in [0.3, 0.4) is 0 Å². The molecule has 3 atom stereocenters. The minimum absolute atomic E-state index is 0.113. The Morgan fingerprint density at radius 3 is 2.34 bits per heavy atom. The van der Waals surface area contributed by atoms with Gasteiger partial charge in [-0.1, -0.05) is 6.42 Å². The molecule has 2 aliphatic rings. The molecule has 2 aliphatic carbocycles. The molecule has 2 bridgehead atoms. The third-order valence-electron chi connectivity index (χ3n) is 6.40. The molecule has 3 unspecified atom stereocenters. The Morgan fingerprint density at radius 2 is 1.75 bits per heavy atom. The molecule has 8 heteroatoms. The SMILES string of the molecule is Cc1cc(NC(=O)C(=O)O)cc(C)c1Oc1ccc(O)c(C(=O)NC2CC3CCC2C3)c1. The number of carboxylic acid groups (broad SMARTS) is 1. The highest BCUT2D eigenvalue weighted by Gasteiger charge is 2.40. The molecule has 4 rings (SSSR count). The monoisotopic (exact) mass is 438 g/mol. The summed E-state index contributed by atoms with van der Waals surface area (Å²) in [7, 11) is 0. The van der Waals surface area contributed by atoms with Crippen LogP contribution in [0.2, 0.25) is 0 Å². The minimum atomic E-state index is -1.57. The highest BCUT2D eigenvalue weighted by molar-refractivity contribution is 6.36. The lowest BCUT2D eigenvalue weighted by molar-refractivity contribution is -0.147. The Labute approximate surface area is 185 Å². The van der Waals surface area contributed by atoms with Crippen molar-refractivity contribution in [1.29, 1.82) is 0 Å². The average Bonchev–Trinajstić information content (AvgIpc) is 3.35. The summed E-state index contributed by atoms with van der Waals surface area (Å²) in [5.74, 6) is -0.997. The van der Waals surface area contributed by atoms with Crippen LogP contribution in [0.15, 0.2) is 30.3 Å². The predicted octanol–water partition coefficient (Wildman–Crippen LogP) is 3.74. The average molecular weight is 438 g/mol. The third-order valence-corrected chi connectivity index (χ3v) is 6.40. The summed E-state index contributed by atoms with van der Waals surface area (Å²) in [6.45, 7) is 3.53. The van der Waals surface area contributed by atoms with E-state index in [1.165, 1.54) is 25.0 Å². The van der Waals surface area contributed by atoms with Gasteiger partial charge in [0.15, 0.2) is 0 Å². The Balaban J connectivity index is 1.50. The van der Waals surface area contributed by atoms with Gasteiger partial charge >= 0.3 is 11.9 Å². The van der Waals surface area contributed by atoms with Crippen molar-refractivity contribution in [1.82, 2.24) is 5.32 Å². The molecule has 168 valence electrons. The second kappa shape index (κ2) is 8.53. The van der Waals surface area contributed by atoms with E-state index in [1.807, 2.05) is 0 Å². The van der Waals surface area contributed by atoms with Crippen molar-refractivity contribution >= 4 is 23.5 Å². The maximum Gasteiger partial charge on any atom is 0.394 e. The standard InChI is InChI=1S/C24H26N2O6/c1-12-7-16(25-23(29)24(30)31)8-13(2)21(12)32-17-5-6-20(27)18(11-17)22(28)26-19-10-14-3-4-15(19)9-14/h5-8,11,14-15,19,27H,3-4,9-10H2,1-2H3,(H,25,29)(H,26,28)(H,30,31). The van der Waals surface area contributed by atoms with Gasteiger partial charge in [-0.15, -0.1) is 0 Å². The van der Waals surface area contributed by atoms with Crippen molar-refractivity contribution in [2.45, 2.75) is 45.6 Å². The lowest BCUT2D eigenvalue weighted by Gasteiger charge is -2.23. The van der Waals surface area contributed by atoms with Crippen molar-refractivity contribution in [2.75, 3.05) is 5.32 Å². The van der Waals surface area contributed by atoms with E-state index >= 15 is 0 Å². The molecule has 0 spiro atoms. The number of anilines is 1. The first-order chi connectivity index (χ1) is 15.2. The van der Waals surface area contributed by atoms with E-state index in [0.29, 0.717) is 40.1 Å². The number of nitrogens with one attached hydrogen (secondary N) is 2. The third kappa shape index (κ3) is 4.39. The van der Waals surface area contributed by atoms with Crippen LogP contribution in [-0.2, 0) is 9.59 Å². The van der Waals surface area contributed by atoms with E-state index in [1.54, 1.807) is 32.0 Å². The highest BCUT2D eigenvalue weighted by Crippen LogP contribution is 2.44. The van der Waals surface area contributed by atoms with Crippen molar-refractivity contribution in [3.05, 3.63) is 47.0 Å². The zero-order valence-electron chi connectivity index (χ0n) is 18.0. The van der Waals surface area contributed by atoms with Gasteiger partial charge < -0.3 is 25.6 Å². The van der Waals surface area contributed by atoms with Crippen LogP contribution < -0.4 is 15.4 Å². The van der Waals surface area contributed by atoms with E-state index in [9.17, 15) is 19.5 Å². The van der Waals surface area contributed by atoms with Gasteiger partial charge in [0, 0.05) is 11.7 Å². The zero-order valence-corrected chi connectivity index (χ0v) is 18.0. The quantitative estimate of drug-likeness (QED) is 0.527. The first kappa shape index (κ1) is 21.7. The summed E-state index contributed by atoms with van der Waals surface area (Å²) < 4.78 is 5.99. The number of hydrogen-bond donors (Lipinski definition) is 4. The molecule has 2 amide bonds. The molecule has 4 N–H and O–H groups in total. The number of phenols is 1. The Kier molecular flexibility index (Phi) is 5.78. The number of ether oxygens (including phenoxy) is 1. The Bertz CT molecular complexity index is 1070. The molecule has 2 aromatic rings. The van der Waals surface area contributed by atoms with Gasteiger partial charge in [0.2, 0.25) is 0 Å². The number of carbonyl (C=O) groups is 3. The summed E-state index contributed by atoms with van der Waals surface area (Å²) in [5, 5.41) is 24.4. The number of carbonyl (C=O) groups excluding carboxylic acids is 2. The minimum Gasteiger partial charge on any atom is -0.507 e. The van der Waals surface area contributed by atoms with Crippen LogP contribution in [0.5, 0.6) is 17.2 Å². The van der Waals surface area contributed by atoms with Crippen molar-refractivity contribution in [2.24, 2.45) is 11.8 Å². The van der Waals surface area contributed by atoms with Gasteiger partial charge in [0.05, 0.1) is 5.56 Å². The largest absolute Gasteiger partial charge is 0.507 e. The topological polar surface area (TPSA) is 125 Å².